The molecule has 0 amide bonds. The zero-order chi connectivity index (χ0) is 10.9. The van der Waals surface area contributed by atoms with Crippen molar-refractivity contribution in [2.24, 2.45) is 0 Å². The minimum Gasteiger partial charge on any atom is -0.361 e. The van der Waals surface area contributed by atoms with Crippen molar-refractivity contribution in [1.29, 1.82) is 0 Å². The Bertz CT molecular complexity index is 168. The van der Waals surface area contributed by atoms with E-state index in [4.69, 9.17) is 30.6 Å². The topological polar surface area (TPSA) is 121 Å². The van der Waals surface area contributed by atoms with Gasteiger partial charge in [-0.05, 0) is 6.92 Å². The quantitative estimate of drug-likeness (QED) is 0.285. The maximum absolute atomic E-state index is 9.11. The van der Waals surface area contributed by atoms with E-state index in [-0.39, 0.29) is 6.42 Å². The Morgan fingerprint density at radius 1 is 0.923 bits per heavy atom. The molecular weight excluding hydrogens is 180 g/mol. The standard InChI is InChI=1S/C7H16O6/c1-3-4-6(10,11)7(12,13)5(2,8)9/h8-13H,3-4H2,1-2H3. The van der Waals surface area contributed by atoms with Crippen LogP contribution in [0.25, 0.3) is 0 Å². The van der Waals surface area contributed by atoms with Crippen LogP contribution in [-0.2, 0) is 0 Å². The fraction of sp³-hybridized carbons (Fsp3) is 1.00. The predicted molar refractivity (Wildman–Crippen MR) is 42.1 cm³/mol. The summed E-state index contributed by atoms with van der Waals surface area (Å²) in [5.74, 6) is -9.36. The Morgan fingerprint density at radius 2 is 1.31 bits per heavy atom. The summed E-state index contributed by atoms with van der Waals surface area (Å²) in [5, 5.41) is 54.0. The smallest absolute Gasteiger partial charge is 0.273 e. The van der Waals surface area contributed by atoms with Gasteiger partial charge in [-0.2, -0.15) is 0 Å². The van der Waals surface area contributed by atoms with Gasteiger partial charge in [0.1, 0.15) is 0 Å². The van der Waals surface area contributed by atoms with Gasteiger partial charge in [-0.25, -0.2) is 0 Å². The molecular formula is C7H16O6. The first-order chi connectivity index (χ1) is 5.56. The second-order valence-corrected chi connectivity index (χ2v) is 3.26. The van der Waals surface area contributed by atoms with Crippen molar-refractivity contribution in [1.82, 2.24) is 0 Å². The summed E-state index contributed by atoms with van der Waals surface area (Å²) in [4.78, 5) is 0. The Labute approximate surface area is 75.7 Å². The van der Waals surface area contributed by atoms with Crippen LogP contribution in [0.4, 0.5) is 0 Å². The zero-order valence-electron chi connectivity index (χ0n) is 7.60. The van der Waals surface area contributed by atoms with Gasteiger partial charge in [0.2, 0.25) is 11.6 Å². The molecule has 0 aliphatic rings. The second kappa shape index (κ2) is 3.49. The van der Waals surface area contributed by atoms with Crippen molar-refractivity contribution < 1.29 is 30.6 Å². The molecule has 6 heteroatoms. The SMILES string of the molecule is CCCC(O)(O)C(O)(O)C(C)(O)O. The number of rotatable bonds is 4. The van der Waals surface area contributed by atoms with Gasteiger partial charge in [-0.1, -0.05) is 13.3 Å². The molecule has 0 atom stereocenters. The van der Waals surface area contributed by atoms with E-state index in [1.54, 1.807) is 6.92 Å². The summed E-state index contributed by atoms with van der Waals surface area (Å²) in [7, 11) is 0. The minimum atomic E-state index is -3.39. The van der Waals surface area contributed by atoms with Crippen LogP contribution >= 0.6 is 0 Å². The van der Waals surface area contributed by atoms with Crippen LogP contribution in [-0.4, -0.2) is 48.0 Å². The second-order valence-electron chi connectivity index (χ2n) is 3.26. The van der Waals surface area contributed by atoms with Gasteiger partial charge in [0.15, 0.2) is 0 Å². The Morgan fingerprint density at radius 3 is 1.54 bits per heavy atom. The highest BCUT2D eigenvalue weighted by molar-refractivity contribution is 4.90. The molecule has 0 aliphatic carbocycles. The number of hydrogen-bond donors (Lipinski definition) is 6. The highest BCUT2D eigenvalue weighted by Crippen LogP contribution is 2.30. The molecule has 0 saturated heterocycles. The minimum absolute atomic E-state index is 0.242. The van der Waals surface area contributed by atoms with Crippen molar-refractivity contribution in [2.75, 3.05) is 0 Å². The normalized spacial score (nSPS) is 14.8. The van der Waals surface area contributed by atoms with E-state index in [0.29, 0.717) is 6.92 Å². The first-order valence-corrected chi connectivity index (χ1v) is 3.90. The maximum Gasteiger partial charge on any atom is 0.273 e. The van der Waals surface area contributed by atoms with Crippen molar-refractivity contribution >= 4 is 0 Å². The molecule has 6 nitrogen and oxygen atoms in total. The molecule has 0 bridgehead atoms. The van der Waals surface area contributed by atoms with Gasteiger partial charge in [0, 0.05) is 6.42 Å². The van der Waals surface area contributed by atoms with E-state index in [1.165, 1.54) is 0 Å². The fourth-order valence-corrected chi connectivity index (χ4v) is 0.902. The van der Waals surface area contributed by atoms with Crippen molar-refractivity contribution in [3.63, 3.8) is 0 Å². The molecule has 0 radical (unpaired) electrons. The van der Waals surface area contributed by atoms with Gasteiger partial charge in [-0.15, -0.1) is 0 Å². The Balaban J connectivity index is 4.81. The molecule has 6 N–H and O–H groups in total. The van der Waals surface area contributed by atoms with Crippen molar-refractivity contribution in [3.8, 4) is 0 Å². The van der Waals surface area contributed by atoms with Gasteiger partial charge >= 0.3 is 0 Å². The van der Waals surface area contributed by atoms with E-state index < -0.39 is 23.8 Å². The molecule has 0 heterocycles. The summed E-state index contributed by atoms with van der Waals surface area (Å²) in [5.41, 5.74) is 0. The molecule has 0 unspecified atom stereocenters. The van der Waals surface area contributed by atoms with Crippen molar-refractivity contribution in [2.45, 2.75) is 44.1 Å². The zero-order valence-corrected chi connectivity index (χ0v) is 7.60. The average Bonchev–Trinajstić information content (AvgIpc) is 1.84. The van der Waals surface area contributed by atoms with E-state index in [1.807, 2.05) is 0 Å². The highest BCUT2D eigenvalue weighted by atomic mass is 16.7. The fourth-order valence-electron chi connectivity index (χ4n) is 0.902. The summed E-state index contributed by atoms with van der Waals surface area (Å²) in [6.07, 6.45) is -0.150. The maximum atomic E-state index is 9.11. The van der Waals surface area contributed by atoms with E-state index in [2.05, 4.69) is 0 Å². The Kier molecular flexibility index (Phi) is 3.42. The summed E-state index contributed by atoms with van der Waals surface area (Å²) in [6, 6.07) is 0. The highest BCUT2D eigenvalue weighted by Gasteiger charge is 2.58. The lowest BCUT2D eigenvalue weighted by atomic mass is 9.94. The van der Waals surface area contributed by atoms with Crippen LogP contribution in [0.2, 0.25) is 0 Å². The summed E-state index contributed by atoms with van der Waals surface area (Å²) >= 11 is 0. The van der Waals surface area contributed by atoms with Gasteiger partial charge < -0.3 is 30.6 Å². The molecule has 0 fully saturated rings. The first-order valence-electron chi connectivity index (χ1n) is 3.90. The molecule has 13 heavy (non-hydrogen) atoms. The predicted octanol–water partition coefficient (Wildman–Crippen LogP) is -2.15. The molecule has 0 saturated carbocycles. The number of hydrogen-bond acceptors (Lipinski definition) is 6. The third-order valence-electron chi connectivity index (χ3n) is 1.82. The lowest BCUT2D eigenvalue weighted by Gasteiger charge is -2.40. The molecule has 0 aromatic carbocycles. The van der Waals surface area contributed by atoms with Gasteiger partial charge in [0.25, 0.3) is 5.79 Å². The third-order valence-corrected chi connectivity index (χ3v) is 1.82. The Hall–Kier alpha value is -0.240. The largest absolute Gasteiger partial charge is 0.361 e. The molecule has 0 aromatic heterocycles. The molecule has 0 spiro atoms. The molecule has 0 rings (SSSR count). The monoisotopic (exact) mass is 196 g/mol. The summed E-state index contributed by atoms with van der Waals surface area (Å²) < 4.78 is 0. The lowest BCUT2D eigenvalue weighted by Crippen LogP contribution is -2.67. The summed E-state index contributed by atoms with van der Waals surface area (Å²) in [6.45, 7) is 2.22. The van der Waals surface area contributed by atoms with Crippen LogP contribution in [0.1, 0.15) is 26.7 Å². The number of aliphatic hydroxyl groups is 6. The van der Waals surface area contributed by atoms with Gasteiger partial charge in [0.05, 0.1) is 0 Å². The van der Waals surface area contributed by atoms with Crippen LogP contribution in [0, 0.1) is 0 Å². The average molecular weight is 196 g/mol. The van der Waals surface area contributed by atoms with E-state index >= 15 is 0 Å². The van der Waals surface area contributed by atoms with Gasteiger partial charge in [-0.3, -0.25) is 0 Å². The van der Waals surface area contributed by atoms with Crippen LogP contribution in [0.15, 0.2) is 0 Å². The lowest BCUT2D eigenvalue weighted by molar-refractivity contribution is -0.447. The molecule has 0 aromatic rings. The molecule has 0 aliphatic heterocycles. The first kappa shape index (κ1) is 12.8. The van der Waals surface area contributed by atoms with Crippen LogP contribution in [0.3, 0.4) is 0 Å². The third kappa shape index (κ3) is 2.37. The van der Waals surface area contributed by atoms with E-state index in [9.17, 15) is 0 Å². The molecule has 80 valence electrons. The van der Waals surface area contributed by atoms with Crippen LogP contribution < -0.4 is 0 Å². The van der Waals surface area contributed by atoms with Crippen LogP contribution in [0.5, 0.6) is 0 Å². The van der Waals surface area contributed by atoms with E-state index in [0.717, 1.165) is 0 Å². The van der Waals surface area contributed by atoms with Crippen molar-refractivity contribution in [3.05, 3.63) is 0 Å².